The van der Waals surface area contributed by atoms with Gasteiger partial charge in [0.1, 0.15) is 5.75 Å². The van der Waals surface area contributed by atoms with E-state index in [4.69, 9.17) is 14.2 Å². The summed E-state index contributed by atoms with van der Waals surface area (Å²) in [6.07, 6.45) is 2.36. The zero-order valence-corrected chi connectivity index (χ0v) is 15.8. The minimum Gasteiger partial charge on any atom is -0.496 e. The van der Waals surface area contributed by atoms with E-state index in [0.29, 0.717) is 25.9 Å². The number of hydrogen-bond donors (Lipinski definition) is 1. The van der Waals surface area contributed by atoms with E-state index in [9.17, 15) is 5.11 Å². The molecule has 2 fully saturated rings. The number of ether oxygens (including phenoxy) is 3. The molecule has 0 bridgehead atoms. The Morgan fingerprint density at radius 1 is 1.19 bits per heavy atom. The summed E-state index contributed by atoms with van der Waals surface area (Å²) in [6, 6.07) is 7.81. The SMILES string of the molecule is COc1ccccc1COC[C@H](O)CN1CCN(C[C@H]2CCCO2)CC1. The van der Waals surface area contributed by atoms with Crippen LogP contribution in [0, 0.1) is 0 Å². The predicted molar refractivity (Wildman–Crippen MR) is 101 cm³/mol. The zero-order valence-electron chi connectivity index (χ0n) is 15.8. The van der Waals surface area contributed by atoms with Crippen molar-refractivity contribution in [3.8, 4) is 5.75 Å². The van der Waals surface area contributed by atoms with Gasteiger partial charge in [0.15, 0.2) is 0 Å². The maximum absolute atomic E-state index is 10.3. The number of piperazine rings is 1. The van der Waals surface area contributed by atoms with Crippen molar-refractivity contribution in [2.24, 2.45) is 0 Å². The average molecular weight is 364 g/mol. The Balaban J connectivity index is 1.31. The molecular formula is C20H32N2O4. The van der Waals surface area contributed by atoms with E-state index >= 15 is 0 Å². The van der Waals surface area contributed by atoms with Crippen LogP contribution in [-0.4, -0.2) is 86.7 Å². The summed E-state index contributed by atoms with van der Waals surface area (Å²) in [5.41, 5.74) is 1.00. The Morgan fingerprint density at radius 3 is 2.69 bits per heavy atom. The van der Waals surface area contributed by atoms with Crippen LogP contribution in [0.5, 0.6) is 5.75 Å². The fraction of sp³-hybridized carbons (Fsp3) is 0.700. The van der Waals surface area contributed by atoms with Crippen LogP contribution >= 0.6 is 0 Å². The van der Waals surface area contributed by atoms with Crippen LogP contribution in [0.25, 0.3) is 0 Å². The summed E-state index contributed by atoms with van der Waals surface area (Å²) < 4.78 is 16.7. The van der Waals surface area contributed by atoms with Gasteiger partial charge in [-0.1, -0.05) is 18.2 Å². The van der Waals surface area contributed by atoms with Crippen molar-refractivity contribution in [3.05, 3.63) is 29.8 Å². The van der Waals surface area contributed by atoms with E-state index in [1.807, 2.05) is 24.3 Å². The monoisotopic (exact) mass is 364 g/mol. The standard InChI is InChI=1S/C20H32N2O4/c1-24-20-7-3-2-5-17(20)15-25-16-18(23)13-21-8-10-22(11-9-21)14-19-6-4-12-26-19/h2-3,5,7,18-19,23H,4,6,8-16H2,1H3/t18-,19-/m1/s1. The van der Waals surface area contributed by atoms with Crippen molar-refractivity contribution in [2.75, 3.05) is 59.6 Å². The Hall–Kier alpha value is -1.18. The first-order chi connectivity index (χ1) is 12.7. The normalized spacial score (nSPS) is 23.2. The van der Waals surface area contributed by atoms with Gasteiger partial charge in [-0.3, -0.25) is 9.80 Å². The number of aliphatic hydroxyl groups is 1. The molecule has 146 valence electrons. The topological polar surface area (TPSA) is 54.4 Å². The minimum atomic E-state index is -0.463. The van der Waals surface area contributed by atoms with Crippen molar-refractivity contribution in [3.63, 3.8) is 0 Å². The first-order valence-corrected chi connectivity index (χ1v) is 9.68. The lowest BCUT2D eigenvalue weighted by molar-refractivity contribution is -0.00377. The van der Waals surface area contributed by atoms with Gasteiger partial charge in [0, 0.05) is 51.4 Å². The third-order valence-electron chi connectivity index (χ3n) is 5.18. The number of rotatable bonds is 9. The summed E-state index contributed by atoms with van der Waals surface area (Å²) in [4.78, 5) is 4.81. The Labute approximate surface area is 156 Å². The summed E-state index contributed by atoms with van der Waals surface area (Å²) in [7, 11) is 1.66. The highest BCUT2D eigenvalue weighted by Gasteiger charge is 2.23. The molecule has 0 spiro atoms. The minimum absolute atomic E-state index is 0.341. The van der Waals surface area contributed by atoms with Crippen molar-refractivity contribution < 1.29 is 19.3 Å². The summed E-state index contributed by atoms with van der Waals surface area (Å²) >= 11 is 0. The van der Waals surface area contributed by atoms with Crippen LogP contribution in [0.3, 0.4) is 0 Å². The molecule has 6 heteroatoms. The maximum Gasteiger partial charge on any atom is 0.124 e. The maximum atomic E-state index is 10.3. The molecule has 2 atom stereocenters. The zero-order chi connectivity index (χ0) is 18.2. The molecule has 6 nitrogen and oxygen atoms in total. The fourth-order valence-corrected chi connectivity index (χ4v) is 3.71. The molecule has 0 unspecified atom stereocenters. The molecule has 26 heavy (non-hydrogen) atoms. The van der Waals surface area contributed by atoms with Crippen molar-refractivity contribution >= 4 is 0 Å². The van der Waals surface area contributed by atoms with Gasteiger partial charge >= 0.3 is 0 Å². The summed E-state index contributed by atoms with van der Waals surface area (Å²) in [6.45, 7) is 7.53. The number of methoxy groups -OCH3 is 1. The lowest BCUT2D eigenvalue weighted by atomic mass is 10.2. The fourth-order valence-electron chi connectivity index (χ4n) is 3.71. The molecule has 2 aliphatic heterocycles. The Morgan fingerprint density at radius 2 is 1.96 bits per heavy atom. The summed E-state index contributed by atoms with van der Waals surface area (Å²) in [5.74, 6) is 0.823. The van der Waals surface area contributed by atoms with Crippen LogP contribution < -0.4 is 4.74 Å². The smallest absolute Gasteiger partial charge is 0.124 e. The second-order valence-electron chi connectivity index (χ2n) is 7.22. The molecule has 0 aromatic heterocycles. The predicted octanol–water partition coefficient (Wildman–Crippen LogP) is 1.37. The first kappa shape index (κ1) is 19.6. The lowest BCUT2D eigenvalue weighted by Crippen LogP contribution is -2.50. The van der Waals surface area contributed by atoms with Gasteiger partial charge in [-0.15, -0.1) is 0 Å². The van der Waals surface area contributed by atoms with Crippen LogP contribution in [0.2, 0.25) is 0 Å². The van der Waals surface area contributed by atoms with Gasteiger partial charge in [-0.2, -0.15) is 0 Å². The van der Waals surface area contributed by atoms with E-state index in [1.165, 1.54) is 12.8 Å². The quantitative estimate of drug-likeness (QED) is 0.714. The molecular weight excluding hydrogens is 332 g/mol. The molecule has 0 radical (unpaired) electrons. The van der Waals surface area contributed by atoms with E-state index in [-0.39, 0.29) is 0 Å². The van der Waals surface area contributed by atoms with E-state index in [1.54, 1.807) is 7.11 Å². The second kappa shape index (κ2) is 10.2. The molecule has 2 saturated heterocycles. The van der Waals surface area contributed by atoms with Gasteiger partial charge in [0.25, 0.3) is 0 Å². The highest BCUT2D eigenvalue weighted by atomic mass is 16.5. The van der Waals surface area contributed by atoms with E-state index in [0.717, 1.165) is 50.6 Å². The van der Waals surface area contributed by atoms with Crippen LogP contribution in [-0.2, 0) is 16.1 Å². The van der Waals surface area contributed by atoms with Crippen molar-refractivity contribution in [2.45, 2.75) is 31.7 Å². The number of benzene rings is 1. The largest absolute Gasteiger partial charge is 0.496 e. The Bertz CT molecular complexity index is 528. The van der Waals surface area contributed by atoms with Gasteiger partial charge in [0.2, 0.25) is 0 Å². The molecule has 0 amide bonds. The highest BCUT2D eigenvalue weighted by molar-refractivity contribution is 5.32. The van der Waals surface area contributed by atoms with E-state index < -0.39 is 6.10 Å². The number of para-hydroxylation sites is 1. The molecule has 3 rings (SSSR count). The van der Waals surface area contributed by atoms with Crippen molar-refractivity contribution in [1.29, 1.82) is 0 Å². The Kier molecular flexibility index (Phi) is 7.70. The molecule has 1 aromatic rings. The molecule has 0 saturated carbocycles. The molecule has 2 heterocycles. The van der Waals surface area contributed by atoms with Crippen LogP contribution in [0.4, 0.5) is 0 Å². The van der Waals surface area contributed by atoms with Gasteiger partial charge in [-0.25, -0.2) is 0 Å². The molecule has 1 N–H and O–H groups in total. The highest BCUT2D eigenvalue weighted by Crippen LogP contribution is 2.18. The number of nitrogens with zero attached hydrogens (tertiary/aromatic N) is 2. The number of aliphatic hydroxyl groups excluding tert-OH is 1. The van der Waals surface area contributed by atoms with Crippen molar-refractivity contribution in [1.82, 2.24) is 9.80 Å². The first-order valence-electron chi connectivity index (χ1n) is 9.68. The van der Waals surface area contributed by atoms with Crippen LogP contribution in [0.15, 0.2) is 24.3 Å². The molecule has 1 aromatic carbocycles. The third kappa shape index (κ3) is 5.93. The number of hydrogen-bond acceptors (Lipinski definition) is 6. The van der Waals surface area contributed by atoms with Gasteiger partial charge in [0.05, 0.1) is 32.5 Å². The van der Waals surface area contributed by atoms with E-state index in [2.05, 4.69) is 9.80 Å². The van der Waals surface area contributed by atoms with Gasteiger partial charge < -0.3 is 19.3 Å². The molecule has 2 aliphatic rings. The average Bonchev–Trinajstić information content (AvgIpc) is 3.17. The van der Waals surface area contributed by atoms with Gasteiger partial charge in [-0.05, 0) is 18.9 Å². The molecule has 0 aliphatic carbocycles. The second-order valence-corrected chi connectivity index (χ2v) is 7.22. The van der Waals surface area contributed by atoms with Crippen LogP contribution in [0.1, 0.15) is 18.4 Å². The lowest BCUT2D eigenvalue weighted by Gasteiger charge is -2.36. The third-order valence-corrected chi connectivity index (χ3v) is 5.18. The number of β-amino-alcohol motifs (C(OH)–C–C–N with tert-alkyl or cyclic N) is 1. The summed E-state index contributed by atoms with van der Waals surface area (Å²) in [5, 5.41) is 10.3.